The SMILES string of the molecule is C=C(C)CC1Cc2ccccc2N(C)c2ccccc21. The number of allylic oxidation sites excluding steroid dienone is 1. The molecule has 1 heterocycles. The quantitative estimate of drug-likeness (QED) is 0.684. The van der Waals surface area contributed by atoms with Gasteiger partial charge in [0, 0.05) is 18.4 Å². The summed E-state index contributed by atoms with van der Waals surface area (Å²) in [7, 11) is 2.17. The lowest BCUT2D eigenvalue weighted by atomic mass is 9.87. The third-order valence-corrected chi connectivity index (χ3v) is 4.15. The lowest BCUT2D eigenvalue weighted by Crippen LogP contribution is -2.11. The Labute approximate surface area is 121 Å². The zero-order valence-electron chi connectivity index (χ0n) is 12.3. The van der Waals surface area contributed by atoms with Crippen molar-refractivity contribution in [3.63, 3.8) is 0 Å². The first-order chi connectivity index (χ1) is 9.66. The molecular weight excluding hydrogens is 242 g/mol. The average molecular weight is 263 g/mol. The summed E-state index contributed by atoms with van der Waals surface area (Å²) in [5.74, 6) is 0.523. The van der Waals surface area contributed by atoms with Gasteiger partial charge in [0.15, 0.2) is 0 Å². The minimum atomic E-state index is 0.523. The maximum absolute atomic E-state index is 4.11. The van der Waals surface area contributed by atoms with Crippen LogP contribution in [0.15, 0.2) is 60.7 Å². The summed E-state index contributed by atoms with van der Waals surface area (Å²) in [6.45, 7) is 6.24. The van der Waals surface area contributed by atoms with Crippen LogP contribution in [0, 0.1) is 0 Å². The highest BCUT2D eigenvalue weighted by atomic mass is 15.1. The van der Waals surface area contributed by atoms with Crippen LogP contribution in [0.25, 0.3) is 0 Å². The van der Waals surface area contributed by atoms with Crippen LogP contribution < -0.4 is 4.90 Å². The van der Waals surface area contributed by atoms with Crippen molar-refractivity contribution in [2.75, 3.05) is 11.9 Å². The van der Waals surface area contributed by atoms with Crippen molar-refractivity contribution in [1.29, 1.82) is 0 Å². The van der Waals surface area contributed by atoms with Crippen LogP contribution in [0.3, 0.4) is 0 Å². The van der Waals surface area contributed by atoms with Gasteiger partial charge >= 0.3 is 0 Å². The molecule has 20 heavy (non-hydrogen) atoms. The van der Waals surface area contributed by atoms with E-state index >= 15 is 0 Å². The van der Waals surface area contributed by atoms with Gasteiger partial charge in [-0.1, -0.05) is 42.0 Å². The molecule has 0 saturated heterocycles. The highest BCUT2D eigenvalue weighted by molar-refractivity contribution is 5.71. The number of hydrogen-bond acceptors (Lipinski definition) is 1. The van der Waals surface area contributed by atoms with E-state index in [-0.39, 0.29) is 0 Å². The fraction of sp³-hybridized carbons (Fsp3) is 0.263. The molecule has 0 amide bonds. The van der Waals surface area contributed by atoms with Gasteiger partial charge < -0.3 is 4.90 Å². The van der Waals surface area contributed by atoms with Crippen molar-refractivity contribution in [1.82, 2.24) is 0 Å². The van der Waals surface area contributed by atoms with E-state index in [1.807, 2.05) is 0 Å². The molecule has 1 aliphatic rings. The summed E-state index contributed by atoms with van der Waals surface area (Å²) in [5, 5.41) is 0. The first-order valence-corrected chi connectivity index (χ1v) is 7.21. The second kappa shape index (κ2) is 5.16. The van der Waals surface area contributed by atoms with Crippen molar-refractivity contribution in [2.45, 2.75) is 25.7 Å². The zero-order chi connectivity index (χ0) is 14.1. The predicted octanol–water partition coefficient (Wildman–Crippen LogP) is 5.06. The van der Waals surface area contributed by atoms with Crippen LogP contribution in [0.5, 0.6) is 0 Å². The molecule has 0 fully saturated rings. The second-order valence-corrected chi connectivity index (χ2v) is 5.81. The molecule has 1 aliphatic heterocycles. The largest absolute Gasteiger partial charge is 0.344 e. The van der Waals surface area contributed by atoms with Gasteiger partial charge in [-0.2, -0.15) is 0 Å². The molecule has 0 N–H and O–H groups in total. The van der Waals surface area contributed by atoms with Crippen molar-refractivity contribution < 1.29 is 0 Å². The summed E-state index contributed by atoms with van der Waals surface area (Å²) in [5.41, 5.74) is 6.77. The van der Waals surface area contributed by atoms with Crippen LogP contribution in [-0.4, -0.2) is 7.05 Å². The molecule has 0 aromatic heterocycles. The van der Waals surface area contributed by atoms with E-state index in [9.17, 15) is 0 Å². The first-order valence-electron chi connectivity index (χ1n) is 7.21. The Morgan fingerprint density at radius 1 is 1.10 bits per heavy atom. The molecule has 0 spiro atoms. The topological polar surface area (TPSA) is 3.24 Å². The molecular formula is C19H21N. The van der Waals surface area contributed by atoms with Crippen molar-refractivity contribution in [2.24, 2.45) is 0 Å². The highest BCUT2D eigenvalue weighted by Crippen LogP contribution is 2.41. The van der Waals surface area contributed by atoms with Gasteiger partial charge in [0.2, 0.25) is 0 Å². The van der Waals surface area contributed by atoms with Gasteiger partial charge in [-0.05, 0) is 48.9 Å². The summed E-state index contributed by atoms with van der Waals surface area (Å²) < 4.78 is 0. The van der Waals surface area contributed by atoms with E-state index in [0.29, 0.717) is 5.92 Å². The third-order valence-electron chi connectivity index (χ3n) is 4.15. The van der Waals surface area contributed by atoms with Crippen LogP contribution >= 0.6 is 0 Å². The van der Waals surface area contributed by atoms with Crippen molar-refractivity contribution >= 4 is 11.4 Å². The van der Waals surface area contributed by atoms with E-state index in [0.717, 1.165) is 12.8 Å². The minimum absolute atomic E-state index is 0.523. The minimum Gasteiger partial charge on any atom is -0.344 e. The van der Waals surface area contributed by atoms with Crippen molar-refractivity contribution in [3.05, 3.63) is 71.8 Å². The Bertz CT molecular complexity index is 642. The van der Waals surface area contributed by atoms with E-state index < -0.39 is 0 Å². The molecule has 0 radical (unpaired) electrons. The van der Waals surface area contributed by atoms with Crippen LogP contribution in [0.2, 0.25) is 0 Å². The molecule has 102 valence electrons. The monoisotopic (exact) mass is 263 g/mol. The first kappa shape index (κ1) is 13.0. The lowest BCUT2D eigenvalue weighted by molar-refractivity contribution is 0.683. The molecule has 2 aromatic rings. The zero-order valence-corrected chi connectivity index (χ0v) is 12.3. The normalized spacial score (nSPS) is 17.1. The van der Waals surface area contributed by atoms with E-state index in [1.54, 1.807) is 0 Å². The molecule has 1 heteroatoms. The summed E-state index contributed by atoms with van der Waals surface area (Å²) in [4.78, 5) is 2.32. The van der Waals surface area contributed by atoms with E-state index in [2.05, 4.69) is 74.0 Å². The highest BCUT2D eigenvalue weighted by Gasteiger charge is 2.24. The molecule has 1 nitrogen and oxygen atoms in total. The molecule has 0 aliphatic carbocycles. The summed E-state index contributed by atoms with van der Waals surface area (Å²) >= 11 is 0. The maximum atomic E-state index is 4.11. The van der Waals surface area contributed by atoms with Crippen molar-refractivity contribution in [3.8, 4) is 0 Å². The Morgan fingerprint density at radius 3 is 2.50 bits per heavy atom. The van der Waals surface area contributed by atoms with Gasteiger partial charge in [0.05, 0.1) is 0 Å². The lowest BCUT2D eigenvalue weighted by Gasteiger charge is -2.22. The second-order valence-electron chi connectivity index (χ2n) is 5.81. The molecule has 3 rings (SSSR count). The fourth-order valence-electron chi connectivity index (χ4n) is 3.26. The Hall–Kier alpha value is -2.02. The predicted molar refractivity (Wildman–Crippen MR) is 86.8 cm³/mol. The van der Waals surface area contributed by atoms with Gasteiger partial charge in [0.1, 0.15) is 0 Å². The maximum Gasteiger partial charge on any atom is 0.0443 e. The molecule has 2 aromatic carbocycles. The number of nitrogens with zero attached hydrogens (tertiary/aromatic N) is 1. The number of rotatable bonds is 2. The summed E-state index contributed by atoms with van der Waals surface area (Å²) in [6, 6.07) is 17.5. The standard InChI is InChI=1S/C19H21N/c1-14(2)12-16-13-15-8-4-6-10-18(15)20(3)19-11-7-5-9-17(16)19/h4-11,16H,1,12-13H2,2-3H3. The number of benzene rings is 2. The van der Waals surface area contributed by atoms with Gasteiger partial charge in [0.25, 0.3) is 0 Å². The number of fused-ring (bicyclic) bond motifs is 2. The van der Waals surface area contributed by atoms with E-state index in [1.165, 1.54) is 28.1 Å². The van der Waals surface area contributed by atoms with E-state index in [4.69, 9.17) is 0 Å². The number of para-hydroxylation sites is 2. The van der Waals surface area contributed by atoms with Gasteiger partial charge in [-0.15, -0.1) is 6.58 Å². The average Bonchev–Trinajstić information content (AvgIpc) is 2.56. The molecule has 1 atom stereocenters. The van der Waals surface area contributed by atoms with Crippen LogP contribution in [-0.2, 0) is 6.42 Å². The molecule has 0 saturated carbocycles. The van der Waals surface area contributed by atoms with Crippen LogP contribution in [0.4, 0.5) is 11.4 Å². The Kier molecular flexibility index (Phi) is 3.35. The van der Waals surface area contributed by atoms with Crippen LogP contribution in [0.1, 0.15) is 30.4 Å². The molecule has 0 bridgehead atoms. The van der Waals surface area contributed by atoms with Gasteiger partial charge in [-0.25, -0.2) is 0 Å². The molecule has 1 unspecified atom stereocenters. The van der Waals surface area contributed by atoms with Gasteiger partial charge in [-0.3, -0.25) is 0 Å². The summed E-state index contributed by atoms with van der Waals surface area (Å²) in [6.07, 6.45) is 2.14. The Morgan fingerprint density at radius 2 is 1.75 bits per heavy atom. The Balaban J connectivity index is 2.15. The number of hydrogen-bond donors (Lipinski definition) is 0. The smallest absolute Gasteiger partial charge is 0.0443 e. The number of anilines is 2. The third kappa shape index (κ3) is 2.24. The fourth-order valence-corrected chi connectivity index (χ4v) is 3.26.